The van der Waals surface area contributed by atoms with Gasteiger partial charge in [-0.25, -0.2) is 18.6 Å². The number of amides is 1. The number of hydrogen-bond donors (Lipinski definition) is 2. The number of carbonyl (C=O) groups excluding carboxylic acids is 2. The Hall–Kier alpha value is -4.08. The van der Waals surface area contributed by atoms with Crippen LogP contribution in [0.25, 0.3) is 0 Å². The van der Waals surface area contributed by atoms with E-state index in [1.807, 2.05) is 25.5 Å². The number of aromatic nitrogens is 2. The van der Waals surface area contributed by atoms with E-state index in [4.69, 9.17) is 4.74 Å². The largest absolute Gasteiger partial charge is 0.462 e. The first-order valence-corrected chi connectivity index (χ1v) is 11.1. The van der Waals surface area contributed by atoms with Gasteiger partial charge in [-0.15, -0.1) is 0 Å². The molecule has 1 aromatic heterocycles. The number of hydrogen-bond acceptors (Lipinski definition) is 5. The Morgan fingerprint density at radius 3 is 2.31 bits per heavy atom. The standard InChI is InChI=1S/C25H27F2N5O3/c1-5-32-16(4)20(15(3)31-32)14-28-25(30-23(33)18-9-12-21(26)22(27)13-18)29-19-10-7-17(8-11-19)24(34)35-6-2/h7-13H,5-6,14H2,1-4H3,(H2,28,29,30,33). The number of carbonyl (C=O) groups is 2. The van der Waals surface area contributed by atoms with E-state index < -0.39 is 23.5 Å². The summed E-state index contributed by atoms with van der Waals surface area (Å²) in [4.78, 5) is 29.1. The van der Waals surface area contributed by atoms with Crippen molar-refractivity contribution in [1.82, 2.24) is 15.1 Å². The van der Waals surface area contributed by atoms with Crippen molar-refractivity contribution in [2.75, 3.05) is 11.9 Å². The molecular formula is C25H27F2N5O3. The lowest BCUT2D eigenvalue weighted by atomic mass is 10.2. The topological polar surface area (TPSA) is 97.6 Å². The molecule has 10 heteroatoms. The summed E-state index contributed by atoms with van der Waals surface area (Å²) in [6.45, 7) is 8.72. The van der Waals surface area contributed by atoms with Gasteiger partial charge in [0.05, 0.1) is 24.4 Å². The third-order valence-electron chi connectivity index (χ3n) is 5.30. The summed E-state index contributed by atoms with van der Waals surface area (Å²) < 4.78 is 33.8. The number of ether oxygens (including phenoxy) is 1. The van der Waals surface area contributed by atoms with Crippen LogP contribution in [0.1, 0.15) is 51.5 Å². The highest BCUT2D eigenvalue weighted by Gasteiger charge is 2.15. The molecule has 35 heavy (non-hydrogen) atoms. The summed E-state index contributed by atoms with van der Waals surface area (Å²) in [6.07, 6.45) is 0. The number of anilines is 1. The molecule has 2 N–H and O–H groups in total. The van der Waals surface area contributed by atoms with Crippen molar-refractivity contribution in [1.29, 1.82) is 0 Å². The zero-order valence-electron chi connectivity index (χ0n) is 20.0. The van der Waals surface area contributed by atoms with E-state index in [2.05, 4.69) is 20.7 Å². The maximum Gasteiger partial charge on any atom is 0.338 e. The quantitative estimate of drug-likeness (QED) is 0.295. The Bertz CT molecular complexity index is 1250. The van der Waals surface area contributed by atoms with Crippen LogP contribution in [0.5, 0.6) is 0 Å². The highest BCUT2D eigenvalue weighted by Crippen LogP contribution is 2.16. The Kier molecular flexibility index (Phi) is 8.30. The summed E-state index contributed by atoms with van der Waals surface area (Å²) >= 11 is 0. The Labute approximate surface area is 202 Å². The van der Waals surface area contributed by atoms with Crippen LogP contribution < -0.4 is 10.6 Å². The first-order chi connectivity index (χ1) is 16.7. The lowest BCUT2D eigenvalue weighted by Crippen LogP contribution is -2.36. The average Bonchev–Trinajstić information content (AvgIpc) is 3.12. The number of halogens is 2. The Balaban J connectivity index is 1.86. The molecule has 0 aliphatic carbocycles. The lowest BCUT2D eigenvalue weighted by molar-refractivity contribution is 0.0526. The molecule has 0 bridgehead atoms. The lowest BCUT2D eigenvalue weighted by Gasteiger charge is -2.13. The fraction of sp³-hybridized carbons (Fsp3) is 0.280. The predicted molar refractivity (Wildman–Crippen MR) is 128 cm³/mol. The second kappa shape index (κ2) is 11.4. The molecule has 0 spiro atoms. The number of nitrogens with zero attached hydrogens (tertiary/aromatic N) is 3. The molecule has 0 saturated heterocycles. The summed E-state index contributed by atoms with van der Waals surface area (Å²) in [5.41, 5.74) is 3.53. The van der Waals surface area contributed by atoms with Crippen molar-refractivity contribution in [2.45, 2.75) is 40.8 Å². The van der Waals surface area contributed by atoms with Gasteiger partial charge in [0.15, 0.2) is 11.6 Å². The average molecular weight is 484 g/mol. The number of nitrogens with one attached hydrogen (secondary N) is 2. The molecular weight excluding hydrogens is 456 g/mol. The zero-order chi connectivity index (χ0) is 25.5. The van der Waals surface area contributed by atoms with E-state index in [0.29, 0.717) is 17.8 Å². The summed E-state index contributed by atoms with van der Waals surface area (Å²) in [5.74, 6) is -3.20. The minimum Gasteiger partial charge on any atom is -0.462 e. The molecule has 3 rings (SSSR count). The van der Waals surface area contributed by atoms with E-state index in [-0.39, 0.29) is 24.7 Å². The van der Waals surface area contributed by atoms with Crippen molar-refractivity contribution < 1.29 is 23.1 Å². The number of rotatable bonds is 7. The third-order valence-corrected chi connectivity index (χ3v) is 5.30. The van der Waals surface area contributed by atoms with Crippen LogP contribution in [-0.4, -0.2) is 34.2 Å². The fourth-order valence-corrected chi connectivity index (χ4v) is 3.40. The normalized spacial score (nSPS) is 11.3. The van der Waals surface area contributed by atoms with E-state index in [1.165, 1.54) is 6.07 Å². The van der Waals surface area contributed by atoms with Gasteiger partial charge >= 0.3 is 5.97 Å². The van der Waals surface area contributed by atoms with Crippen LogP contribution in [0.2, 0.25) is 0 Å². The van der Waals surface area contributed by atoms with Crippen LogP contribution in [0.4, 0.5) is 14.5 Å². The van der Waals surface area contributed by atoms with Crippen molar-refractivity contribution in [2.24, 2.45) is 4.99 Å². The summed E-state index contributed by atoms with van der Waals surface area (Å²) in [6, 6.07) is 9.31. The number of guanidine groups is 1. The third kappa shape index (κ3) is 6.28. The number of aliphatic imine (C=N–C) groups is 1. The molecule has 0 radical (unpaired) electrons. The SMILES string of the molecule is CCOC(=O)c1ccc(NC(=NCc2c(C)nn(CC)c2C)NC(=O)c2ccc(F)c(F)c2)cc1. The van der Waals surface area contributed by atoms with Crippen LogP contribution in [0, 0.1) is 25.5 Å². The monoisotopic (exact) mass is 483 g/mol. The first kappa shape index (κ1) is 25.5. The number of aryl methyl sites for hydroxylation is 2. The maximum atomic E-state index is 13.6. The first-order valence-electron chi connectivity index (χ1n) is 11.1. The maximum absolute atomic E-state index is 13.6. The molecule has 0 unspecified atom stereocenters. The van der Waals surface area contributed by atoms with Crippen LogP contribution >= 0.6 is 0 Å². The van der Waals surface area contributed by atoms with Crippen molar-refractivity contribution in [3.05, 3.63) is 82.2 Å². The molecule has 8 nitrogen and oxygen atoms in total. The number of benzene rings is 2. The smallest absolute Gasteiger partial charge is 0.338 e. The number of esters is 1. The van der Waals surface area contributed by atoms with Crippen molar-refractivity contribution >= 4 is 23.5 Å². The Morgan fingerprint density at radius 2 is 1.71 bits per heavy atom. The molecule has 2 aromatic carbocycles. The van der Waals surface area contributed by atoms with Gasteiger partial charge in [-0.1, -0.05) is 0 Å². The van der Waals surface area contributed by atoms with Gasteiger partial charge in [0.2, 0.25) is 5.96 Å². The van der Waals surface area contributed by atoms with E-state index in [9.17, 15) is 18.4 Å². The molecule has 1 heterocycles. The molecule has 1 amide bonds. The van der Waals surface area contributed by atoms with Gasteiger partial charge in [0.25, 0.3) is 5.91 Å². The minimum absolute atomic E-state index is 0.0674. The molecule has 3 aromatic rings. The molecule has 0 aliphatic heterocycles. The van der Waals surface area contributed by atoms with Gasteiger partial charge in [-0.3, -0.25) is 14.8 Å². The second-order valence-corrected chi connectivity index (χ2v) is 7.64. The highest BCUT2D eigenvalue weighted by molar-refractivity contribution is 6.10. The van der Waals surface area contributed by atoms with Gasteiger partial charge in [-0.2, -0.15) is 5.10 Å². The van der Waals surface area contributed by atoms with E-state index in [0.717, 1.165) is 29.1 Å². The summed E-state index contributed by atoms with van der Waals surface area (Å²) in [7, 11) is 0. The van der Waals surface area contributed by atoms with Crippen LogP contribution in [-0.2, 0) is 17.8 Å². The van der Waals surface area contributed by atoms with Gasteiger partial charge < -0.3 is 10.1 Å². The fourth-order valence-electron chi connectivity index (χ4n) is 3.40. The molecule has 0 aliphatic rings. The highest BCUT2D eigenvalue weighted by atomic mass is 19.2. The van der Waals surface area contributed by atoms with Gasteiger partial charge in [-0.05, 0) is 70.2 Å². The summed E-state index contributed by atoms with van der Waals surface area (Å²) in [5, 5.41) is 10.1. The Morgan fingerprint density at radius 1 is 1.03 bits per heavy atom. The van der Waals surface area contributed by atoms with Gasteiger partial charge in [0, 0.05) is 29.1 Å². The molecule has 0 atom stereocenters. The van der Waals surface area contributed by atoms with Crippen LogP contribution in [0.3, 0.4) is 0 Å². The van der Waals surface area contributed by atoms with E-state index >= 15 is 0 Å². The van der Waals surface area contributed by atoms with Crippen LogP contribution in [0.15, 0.2) is 47.5 Å². The van der Waals surface area contributed by atoms with Crippen molar-refractivity contribution in [3.63, 3.8) is 0 Å². The molecule has 184 valence electrons. The zero-order valence-corrected chi connectivity index (χ0v) is 20.0. The predicted octanol–water partition coefficient (Wildman–Crippen LogP) is 4.37. The van der Waals surface area contributed by atoms with Crippen molar-refractivity contribution in [3.8, 4) is 0 Å². The van der Waals surface area contributed by atoms with E-state index in [1.54, 1.807) is 31.2 Å². The second-order valence-electron chi connectivity index (χ2n) is 7.64. The van der Waals surface area contributed by atoms with Gasteiger partial charge in [0.1, 0.15) is 0 Å². The molecule has 0 saturated carbocycles. The minimum atomic E-state index is -1.13. The molecule has 0 fully saturated rings.